The maximum Gasteiger partial charge on any atom is 0.322 e. The van der Waals surface area contributed by atoms with Crippen molar-refractivity contribution in [3.05, 3.63) is 62.6 Å². The molecule has 0 atom stereocenters. The van der Waals surface area contributed by atoms with Crippen LogP contribution in [-0.2, 0) is 4.79 Å². The molecule has 0 saturated heterocycles. The summed E-state index contributed by atoms with van der Waals surface area (Å²) in [6.07, 6.45) is 0. The van der Waals surface area contributed by atoms with Crippen molar-refractivity contribution in [2.24, 2.45) is 0 Å². The summed E-state index contributed by atoms with van der Waals surface area (Å²) in [5, 5.41) is 16.4. The van der Waals surface area contributed by atoms with Crippen LogP contribution in [0.25, 0.3) is 0 Å². The van der Waals surface area contributed by atoms with Gasteiger partial charge in [-0.1, -0.05) is 23.2 Å². The second-order valence-electron chi connectivity index (χ2n) is 5.27. The Balaban J connectivity index is 1.90. The van der Waals surface area contributed by atoms with Gasteiger partial charge in [0.1, 0.15) is 6.54 Å². The van der Waals surface area contributed by atoms with Gasteiger partial charge in [-0.3, -0.25) is 14.9 Å². The molecule has 0 heterocycles. The fourth-order valence-electron chi connectivity index (χ4n) is 1.95. The van der Waals surface area contributed by atoms with E-state index in [9.17, 15) is 19.7 Å². The molecule has 0 aromatic heterocycles. The Bertz CT molecular complexity index is 843. The van der Waals surface area contributed by atoms with Crippen molar-refractivity contribution in [2.45, 2.75) is 0 Å². The number of carbonyl (C=O) groups excluding carboxylic acids is 2. The van der Waals surface area contributed by atoms with Gasteiger partial charge >= 0.3 is 6.03 Å². The Labute approximate surface area is 158 Å². The molecule has 2 aromatic carbocycles. The van der Waals surface area contributed by atoms with Crippen molar-refractivity contribution in [2.75, 3.05) is 24.2 Å². The van der Waals surface area contributed by atoms with E-state index in [2.05, 4.69) is 10.6 Å². The second-order valence-corrected chi connectivity index (χ2v) is 6.08. The summed E-state index contributed by atoms with van der Waals surface area (Å²) in [4.78, 5) is 35.3. The topological polar surface area (TPSA) is 105 Å². The molecule has 0 aliphatic heterocycles. The lowest BCUT2D eigenvalue weighted by atomic mass is 10.3. The third-order valence-corrected chi connectivity index (χ3v) is 4.00. The Hall–Kier alpha value is -2.84. The molecule has 0 spiro atoms. The number of hydrogen-bond acceptors (Lipinski definition) is 4. The van der Waals surface area contributed by atoms with Crippen LogP contribution in [0, 0.1) is 10.1 Å². The molecule has 136 valence electrons. The molecule has 2 aromatic rings. The van der Waals surface area contributed by atoms with Gasteiger partial charge in [0, 0.05) is 30.6 Å². The number of anilines is 2. The number of halogens is 2. The fourth-order valence-corrected chi connectivity index (χ4v) is 2.25. The first kappa shape index (κ1) is 19.5. The number of nitrogens with zero attached hydrogens (tertiary/aromatic N) is 2. The van der Waals surface area contributed by atoms with Gasteiger partial charge in [0.25, 0.3) is 5.69 Å². The molecule has 0 saturated carbocycles. The first-order chi connectivity index (χ1) is 12.3. The molecular weight excluding hydrogens is 383 g/mol. The zero-order chi connectivity index (χ0) is 19.3. The van der Waals surface area contributed by atoms with Crippen LogP contribution in [0.4, 0.5) is 21.9 Å². The summed E-state index contributed by atoms with van der Waals surface area (Å²) >= 11 is 11.7. The first-order valence-corrected chi connectivity index (χ1v) is 8.03. The number of amides is 3. The maximum atomic E-state index is 12.1. The molecule has 0 radical (unpaired) electrons. The number of urea groups is 1. The van der Waals surface area contributed by atoms with Crippen LogP contribution >= 0.6 is 23.2 Å². The summed E-state index contributed by atoms with van der Waals surface area (Å²) in [5.41, 5.74) is 0.739. The number of non-ortho nitro benzene ring substituents is 1. The van der Waals surface area contributed by atoms with E-state index in [0.29, 0.717) is 21.4 Å². The summed E-state index contributed by atoms with van der Waals surface area (Å²) in [6, 6.07) is 9.44. The van der Waals surface area contributed by atoms with E-state index in [4.69, 9.17) is 23.2 Å². The highest BCUT2D eigenvalue weighted by Gasteiger charge is 2.14. The Morgan fingerprint density at radius 1 is 1.04 bits per heavy atom. The minimum Gasteiger partial charge on any atom is -0.324 e. The van der Waals surface area contributed by atoms with Gasteiger partial charge in [0.2, 0.25) is 5.91 Å². The van der Waals surface area contributed by atoms with Crippen molar-refractivity contribution in [3.8, 4) is 0 Å². The molecule has 8 nitrogen and oxygen atoms in total. The number of hydrogen-bond donors (Lipinski definition) is 2. The molecule has 0 fully saturated rings. The first-order valence-electron chi connectivity index (χ1n) is 7.27. The lowest BCUT2D eigenvalue weighted by molar-refractivity contribution is -0.384. The normalized spacial score (nSPS) is 10.1. The summed E-state index contributed by atoms with van der Waals surface area (Å²) in [5.74, 6) is -0.426. The number of nitro groups is 1. The van der Waals surface area contributed by atoms with Gasteiger partial charge in [-0.15, -0.1) is 0 Å². The van der Waals surface area contributed by atoms with E-state index < -0.39 is 16.9 Å². The quantitative estimate of drug-likeness (QED) is 0.588. The zero-order valence-electron chi connectivity index (χ0n) is 13.5. The Morgan fingerprint density at radius 2 is 1.65 bits per heavy atom. The standard InChI is InChI=1S/C16H14Cl2N4O4/c1-21(9-15(23)19-11-4-7-13(17)14(18)8-11)16(24)20-10-2-5-12(6-3-10)22(25)26/h2-8H,9H2,1H3,(H,19,23)(H,20,24). The van der Waals surface area contributed by atoms with Gasteiger partial charge in [0.05, 0.1) is 15.0 Å². The molecule has 0 aliphatic carbocycles. The Kier molecular flexibility index (Phi) is 6.37. The lowest BCUT2D eigenvalue weighted by Gasteiger charge is -2.17. The van der Waals surface area contributed by atoms with Crippen LogP contribution in [0.1, 0.15) is 0 Å². The van der Waals surface area contributed by atoms with Gasteiger partial charge in [0.15, 0.2) is 0 Å². The highest BCUT2D eigenvalue weighted by molar-refractivity contribution is 6.42. The fraction of sp³-hybridized carbons (Fsp3) is 0.125. The summed E-state index contributed by atoms with van der Waals surface area (Å²) < 4.78 is 0. The van der Waals surface area contributed by atoms with Crippen molar-refractivity contribution in [1.29, 1.82) is 0 Å². The average molecular weight is 397 g/mol. The van der Waals surface area contributed by atoms with E-state index >= 15 is 0 Å². The molecule has 3 amide bonds. The molecule has 0 aliphatic rings. The highest BCUT2D eigenvalue weighted by Crippen LogP contribution is 2.25. The molecule has 10 heteroatoms. The van der Waals surface area contributed by atoms with Gasteiger partial charge in [-0.2, -0.15) is 0 Å². The highest BCUT2D eigenvalue weighted by atomic mass is 35.5. The predicted molar refractivity (Wildman–Crippen MR) is 99.8 cm³/mol. The van der Waals surface area contributed by atoms with Gasteiger partial charge in [-0.05, 0) is 30.3 Å². The van der Waals surface area contributed by atoms with Crippen molar-refractivity contribution < 1.29 is 14.5 Å². The molecule has 0 bridgehead atoms. The number of carbonyl (C=O) groups is 2. The predicted octanol–water partition coefficient (Wildman–Crippen LogP) is 4.00. The van der Waals surface area contributed by atoms with Crippen LogP contribution < -0.4 is 10.6 Å². The van der Waals surface area contributed by atoms with Gasteiger partial charge < -0.3 is 15.5 Å². The van der Waals surface area contributed by atoms with E-state index in [1.54, 1.807) is 12.1 Å². The minimum atomic E-state index is -0.539. The van der Waals surface area contributed by atoms with E-state index in [1.165, 1.54) is 37.4 Å². The second kappa shape index (κ2) is 8.50. The van der Waals surface area contributed by atoms with Gasteiger partial charge in [-0.25, -0.2) is 4.79 Å². The van der Waals surface area contributed by atoms with Crippen LogP contribution in [0.3, 0.4) is 0 Å². The van der Waals surface area contributed by atoms with Crippen molar-refractivity contribution in [1.82, 2.24) is 4.90 Å². The number of likely N-dealkylation sites (N-methyl/N-ethyl adjacent to an activating group) is 1. The van der Waals surface area contributed by atoms with Crippen molar-refractivity contribution in [3.63, 3.8) is 0 Å². The number of nitro benzene ring substituents is 1. The van der Waals surface area contributed by atoms with Crippen LogP contribution in [0.5, 0.6) is 0 Å². The molecule has 0 unspecified atom stereocenters. The summed E-state index contributed by atoms with van der Waals surface area (Å²) in [7, 11) is 1.44. The summed E-state index contributed by atoms with van der Waals surface area (Å²) in [6.45, 7) is -0.209. The lowest BCUT2D eigenvalue weighted by Crippen LogP contribution is -2.37. The third kappa shape index (κ3) is 5.33. The number of benzene rings is 2. The number of nitrogens with one attached hydrogen (secondary N) is 2. The van der Waals surface area contributed by atoms with Crippen LogP contribution in [0.2, 0.25) is 10.0 Å². The number of rotatable bonds is 5. The van der Waals surface area contributed by atoms with Crippen LogP contribution in [0.15, 0.2) is 42.5 Å². The molecular formula is C16H14Cl2N4O4. The monoisotopic (exact) mass is 396 g/mol. The smallest absolute Gasteiger partial charge is 0.322 e. The maximum absolute atomic E-state index is 12.1. The van der Waals surface area contributed by atoms with Crippen molar-refractivity contribution >= 4 is 52.2 Å². The largest absolute Gasteiger partial charge is 0.324 e. The van der Waals surface area contributed by atoms with E-state index in [0.717, 1.165) is 4.90 Å². The van der Waals surface area contributed by atoms with Crippen LogP contribution in [-0.4, -0.2) is 35.4 Å². The SMILES string of the molecule is CN(CC(=O)Nc1ccc(Cl)c(Cl)c1)C(=O)Nc1ccc([N+](=O)[O-])cc1. The average Bonchev–Trinajstić information content (AvgIpc) is 2.58. The minimum absolute atomic E-state index is 0.0858. The van der Waals surface area contributed by atoms with E-state index in [-0.39, 0.29) is 12.2 Å². The molecule has 2 rings (SSSR count). The molecule has 2 N–H and O–H groups in total. The molecule has 26 heavy (non-hydrogen) atoms. The van der Waals surface area contributed by atoms with E-state index in [1.807, 2.05) is 0 Å². The third-order valence-electron chi connectivity index (χ3n) is 3.26. The Morgan fingerprint density at radius 3 is 2.23 bits per heavy atom. The zero-order valence-corrected chi connectivity index (χ0v) is 15.0.